The first-order valence-corrected chi connectivity index (χ1v) is 8.73. The first kappa shape index (κ1) is 18.5. The molecular formula is C20H31NO. The third-order valence-electron chi connectivity index (χ3n) is 3.98. The monoisotopic (exact) mass is 301 g/mol. The van der Waals surface area contributed by atoms with Crippen LogP contribution in [0.25, 0.3) is 0 Å². The van der Waals surface area contributed by atoms with Crippen LogP contribution in [0, 0.1) is 0 Å². The summed E-state index contributed by atoms with van der Waals surface area (Å²) in [5.41, 5.74) is 1.18. The minimum atomic E-state index is 0.0341. The van der Waals surface area contributed by atoms with Gasteiger partial charge in [0.05, 0.1) is 0 Å². The van der Waals surface area contributed by atoms with Gasteiger partial charge in [0.25, 0.3) is 0 Å². The number of carbonyl (C=O) groups is 1. The van der Waals surface area contributed by atoms with Crippen LogP contribution >= 0.6 is 0 Å². The van der Waals surface area contributed by atoms with Gasteiger partial charge in [-0.25, -0.2) is 0 Å². The van der Waals surface area contributed by atoms with E-state index in [1.807, 2.05) is 23.1 Å². The lowest BCUT2D eigenvalue weighted by Gasteiger charge is -2.21. The molecule has 1 aromatic carbocycles. The molecule has 0 saturated heterocycles. The van der Waals surface area contributed by atoms with Crippen LogP contribution in [0.5, 0.6) is 0 Å². The highest BCUT2D eigenvalue weighted by Gasteiger charge is 2.10. The van der Waals surface area contributed by atoms with Crippen molar-refractivity contribution in [2.45, 2.75) is 64.8 Å². The van der Waals surface area contributed by atoms with E-state index in [0.717, 1.165) is 13.0 Å². The smallest absolute Gasteiger partial charge is 0.246 e. The fourth-order valence-electron chi connectivity index (χ4n) is 2.64. The van der Waals surface area contributed by atoms with Gasteiger partial charge in [-0.05, 0) is 18.1 Å². The number of nitrogens with zero attached hydrogens (tertiary/aromatic N) is 1. The Balaban J connectivity index is 2.25. The van der Waals surface area contributed by atoms with Crippen molar-refractivity contribution >= 4 is 5.91 Å². The zero-order chi connectivity index (χ0) is 16.0. The first-order chi connectivity index (χ1) is 10.8. The third-order valence-corrected chi connectivity index (χ3v) is 3.98. The first-order valence-electron chi connectivity index (χ1n) is 8.73. The molecule has 0 N–H and O–H groups in total. The van der Waals surface area contributed by atoms with Crippen molar-refractivity contribution in [3.63, 3.8) is 0 Å². The summed E-state index contributed by atoms with van der Waals surface area (Å²) in [6.45, 7) is 7.38. The predicted molar refractivity (Wildman–Crippen MR) is 94.7 cm³/mol. The summed E-state index contributed by atoms with van der Waals surface area (Å²) in [5.74, 6) is 0.0341. The van der Waals surface area contributed by atoms with E-state index >= 15 is 0 Å². The molecule has 0 spiro atoms. The number of unbranched alkanes of at least 4 members (excludes halogenated alkanes) is 7. The number of benzene rings is 1. The van der Waals surface area contributed by atoms with Gasteiger partial charge in [0, 0.05) is 13.1 Å². The second kappa shape index (κ2) is 12.0. The topological polar surface area (TPSA) is 20.3 Å². The molecule has 0 aliphatic rings. The lowest BCUT2D eigenvalue weighted by atomic mass is 10.1. The van der Waals surface area contributed by atoms with Crippen molar-refractivity contribution in [2.75, 3.05) is 6.54 Å². The van der Waals surface area contributed by atoms with E-state index < -0.39 is 0 Å². The molecule has 2 nitrogen and oxygen atoms in total. The van der Waals surface area contributed by atoms with Gasteiger partial charge < -0.3 is 4.90 Å². The molecule has 0 fully saturated rings. The van der Waals surface area contributed by atoms with E-state index in [-0.39, 0.29) is 5.91 Å². The molecule has 0 aliphatic heterocycles. The fraction of sp³-hybridized carbons (Fsp3) is 0.550. The zero-order valence-electron chi connectivity index (χ0n) is 14.1. The SMILES string of the molecule is C=CC(=O)N(CCCCCCCCCC)Cc1ccccc1. The Morgan fingerprint density at radius 3 is 2.18 bits per heavy atom. The second-order valence-corrected chi connectivity index (χ2v) is 5.92. The van der Waals surface area contributed by atoms with Crippen LogP contribution in [0.1, 0.15) is 63.9 Å². The molecule has 0 saturated carbocycles. The summed E-state index contributed by atoms with van der Waals surface area (Å²) >= 11 is 0. The summed E-state index contributed by atoms with van der Waals surface area (Å²) in [6, 6.07) is 10.2. The van der Waals surface area contributed by atoms with Gasteiger partial charge in [0.15, 0.2) is 0 Å². The van der Waals surface area contributed by atoms with Crippen molar-refractivity contribution in [3.8, 4) is 0 Å². The quantitative estimate of drug-likeness (QED) is 0.377. The van der Waals surface area contributed by atoms with Crippen molar-refractivity contribution < 1.29 is 4.79 Å². The molecule has 0 bridgehead atoms. The lowest BCUT2D eigenvalue weighted by Crippen LogP contribution is -2.29. The van der Waals surface area contributed by atoms with Gasteiger partial charge in [-0.3, -0.25) is 4.79 Å². The van der Waals surface area contributed by atoms with E-state index in [0.29, 0.717) is 6.54 Å². The zero-order valence-corrected chi connectivity index (χ0v) is 14.1. The van der Waals surface area contributed by atoms with E-state index in [1.165, 1.54) is 56.6 Å². The van der Waals surface area contributed by atoms with Gasteiger partial charge in [0.1, 0.15) is 0 Å². The molecule has 0 radical (unpaired) electrons. The minimum absolute atomic E-state index is 0.0341. The summed E-state index contributed by atoms with van der Waals surface area (Å²) in [5, 5.41) is 0. The van der Waals surface area contributed by atoms with Gasteiger partial charge in [-0.1, -0.05) is 88.8 Å². The predicted octanol–water partition coefficient (Wildman–Crippen LogP) is 5.34. The van der Waals surface area contributed by atoms with E-state index in [9.17, 15) is 4.79 Å². The fourth-order valence-corrected chi connectivity index (χ4v) is 2.64. The number of amides is 1. The molecule has 1 rings (SSSR count). The molecule has 0 aliphatic carbocycles. The molecule has 1 amide bonds. The molecule has 0 atom stereocenters. The lowest BCUT2D eigenvalue weighted by molar-refractivity contribution is -0.126. The van der Waals surface area contributed by atoms with Crippen molar-refractivity contribution in [2.24, 2.45) is 0 Å². The van der Waals surface area contributed by atoms with Crippen LogP contribution in [0.15, 0.2) is 43.0 Å². The number of hydrogen-bond donors (Lipinski definition) is 0. The Hall–Kier alpha value is -1.57. The van der Waals surface area contributed by atoms with Crippen LogP contribution in [-0.2, 0) is 11.3 Å². The highest BCUT2D eigenvalue weighted by Crippen LogP contribution is 2.11. The maximum atomic E-state index is 12.0. The number of hydrogen-bond acceptors (Lipinski definition) is 1. The molecule has 1 aromatic rings. The third kappa shape index (κ3) is 8.02. The van der Waals surface area contributed by atoms with Crippen LogP contribution in [0.4, 0.5) is 0 Å². The highest BCUT2D eigenvalue weighted by atomic mass is 16.2. The van der Waals surface area contributed by atoms with Crippen LogP contribution < -0.4 is 0 Å². The van der Waals surface area contributed by atoms with E-state index in [2.05, 4.69) is 25.6 Å². The van der Waals surface area contributed by atoms with Gasteiger partial charge in [-0.15, -0.1) is 0 Å². The average molecular weight is 301 g/mol. The van der Waals surface area contributed by atoms with Crippen molar-refractivity contribution in [3.05, 3.63) is 48.6 Å². The van der Waals surface area contributed by atoms with E-state index in [4.69, 9.17) is 0 Å². The number of carbonyl (C=O) groups excluding carboxylic acids is 1. The molecule has 22 heavy (non-hydrogen) atoms. The molecule has 0 aromatic heterocycles. The maximum Gasteiger partial charge on any atom is 0.246 e. The Morgan fingerprint density at radius 2 is 1.59 bits per heavy atom. The summed E-state index contributed by atoms with van der Waals surface area (Å²) in [4.78, 5) is 13.9. The molecule has 0 unspecified atom stereocenters. The molecular weight excluding hydrogens is 270 g/mol. The maximum absolute atomic E-state index is 12.0. The summed E-state index contributed by atoms with van der Waals surface area (Å²) < 4.78 is 0. The molecule has 2 heteroatoms. The van der Waals surface area contributed by atoms with Crippen LogP contribution in [0.2, 0.25) is 0 Å². The Labute approximate surface area is 136 Å². The number of rotatable bonds is 12. The van der Waals surface area contributed by atoms with Gasteiger partial charge in [0.2, 0.25) is 5.91 Å². The second-order valence-electron chi connectivity index (χ2n) is 5.92. The Bertz CT molecular complexity index is 413. The van der Waals surface area contributed by atoms with Crippen LogP contribution in [0.3, 0.4) is 0 Å². The highest BCUT2D eigenvalue weighted by molar-refractivity contribution is 5.86. The van der Waals surface area contributed by atoms with E-state index in [1.54, 1.807) is 0 Å². The summed E-state index contributed by atoms with van der Waals surface area (Å²) in [6.07, 6.45) is 11.7. The van der Waals surface area contributed by atoms with Crippen molar-refractivity contribution in [1.29, 1.82) is 0 Å². The van der Waals surface area contributed by atoms with Gasteiger partial charge >= 0.3 is 0 Å². The summed E-state index contributed by atoms with van der Waals surface area (Å²) in [7, 11) is 0. The Morgan fingerprint density at radius 1 is 1.00 bits per heavy atom. The minimum Gasteiger partial charge on any atom is -0.335 e. The standard InChI is InChI=1S/C20H31NO/c1-3-5-6-7-8-9-10-14-17-21(20(22)4-2)18-19-15-12-11-13-16-19/h4,11-13,15-16H,2-3,5-10,14,17-18H2,1H3. The largest absolute Gasteiger partial charge is 0.335 e. The van der Waals surface area contributed by atoms with Crippen LogP contribution in [-0.4, -0.2) is 17.4 Å². The van der Waals surface area contributed by atoms with Gasteiger partial charge in [-0.2, -0.15) is 0 Å². The van der Waals surface area contributed by atoms with Crippen molar-refractivity contribution in [1.82, 2.24) is 4.90 Å². The Kier molecular flexibility index (Phi) is 10.1. The average Bonchev–Trinajstić information content (AvgIpc) is 2.56. The normalized spacial score (nSPS) is 10.4. The molecule has 0 heterocycles. The molecule has 122 valence electrons.